The molecule has 0 amide bonds. The monoisotopic (exact) mass is 272 g/mol. The molecule has 0 saturated heterocycles. The van der Waals surface area contributed by atoms with Crippen LogP contribution >= 0.6 is 0 Å². The Bertz CT molecular complexity index is 188. The number of ether oxygens (including phenoxy) is 1. The second-order valence-electron chi connectivity index (χ2n) is 5.77. The molecule has 0 saturated carbocycles. The first-order chi connectivity index (χ1) is 9.17. The number of methoxy groups -OCH3 is 1. The van der Waals surface area contributed by atoms with Gasteiger partial charge < -0.3 is 10.5 Å². The van der Waals surface area contributed by atoms with Crippen molar-refractivity contribution in [3.8, 4) is 0 Å². The Morgan fingerprint density at radius 2 is 1.63 bits per heavy atom. The minimum Gasteiger partial charge on any atom is -0.383 e. The van der Waals surface area contributed by atoms with E-state index in [9.17, 15) is 0 Å². The normalized spacial score (nSPS) is 14.8. The lowest BCUT2D eigenvalue weighted by Crippen LogP contribution is -2.44. The molecule has 2 unspecified atom stereocenters. The molecule has 0 spiro atoms. The first kappa shape index (κ1) is 18.9. The molecule has 0 aromatic rings. The van der Waals surface area contributed by atoms with Crippen LogP contribution in [-0.4, -0.2) is 44.3 Å². The summed E-state index contributed by atoms with van der Waals surface area (Å²) in [5, 5.41) is 0. The van der Waals surface area contributed by atoms with Gasteiger partial charge in [-0.15, -0.1) is 0 Å². The Balaban J connectivity index is 3.69. The van der Waals surface area contributed by atoms with Crippen LogP contribution in [0.5, 0.6) is 0 Å². The molecule has 0 aliphatic carbocycles. The van der Waals surface area contributed by atoms with Gasteiger partial charge in [0.1, 0.15) is 0 Å². The molecule has 0 aliphatic heterocycles. The molecule has 0 fully saturated rings. The van der Waals surface area contributed by atoms with Crippen molar-refractivity contribution in [2.24, 2.45) is 5.73 Å². The molecule has 19 heavy (non-hydrogen) atoms. The summed E-state index contributed by atoms with van der Waals surface area (Å²) in [5.74, 6) is 0. The summed E-state index contributed by atoms with van der Waals surface area (Å²) < 4.78 is 5.22. The van der Waals surface area contributed by atoms with Gasteiger partial charge in [-0.1, -0.05) is 51.9 Å². The van der Waals surface area contributed by atoms with Crippen molar-refractivity contribution >= 4 is 0 Å². The lowest BCUT2D eigenvalue weighted by molar-refractivity contribution is 0.0875. The molecule has 0 aromatic heterocycles. The van der Waals surface area contributed by atoms with E-state index in [2.05, 4.69) is 25.8 Å². The summed E-state index contributed by atoms with van der Waals surface area (Å²) in [7, 11) is 3.93. The molecule has 0 aliphatic rings. The van der Waals surface area contributed by atoms with E-state index in [-0.39, 0.29) is 0 Å². The van der Waals surface area contributed by atoms with Gasteiger partial charge in [0, 0.05) is 25.7 Å². The molecule has 2 N–H and O–H groups in total. The first-order valence-corrected chi connectivity index (χ1v) is 8.08. The van der Waals surface area contributed by atoms with Gasteiger partial charge in [0.2, 0.25) is 0 Å². The highest BCUT2D eigenvalue weighted by atomic mass is 16.5. The summed E-state index contributed by atoms with van der Waals surface area (Å²) in [6.07, 6.45) is 10.8. The Hall–Kier alpha value is -0.120. The van der Waals surface area contributed by atoms with Gasteiger partial charge in [0.05, 0.1) is 6.61 Å². The molecule has 2 atom stereocenters. The molecule has 116 valence electrons. The maximum absolute atomic E-state index is 5.91. The SMILES string of the molecule is CCCCCCCCCC(CN)N(C)C(C)COC. The first-order valence-electron chi connectivity index (χ1n) is 8.08. The van der Waals surface area contributed by atoms with Crippen molar-refractivity contribution in [1.82, 2.24) is 4.90 Å². The van der Waals surface area contributed by atoms with Crippen molar-refractivity contribution in [2.75, 3.05) is 27.3 Å². The van der Waals surface area contributed by atoms with Crippen LogP contribution in [0, 0.1) is 0 Å². The number of nitrogens with zero attached hydrogens (tertiary/aromatic N) is 1. The molecule has 0 rings (SSSR count). The van der Waals surface area contributed by atoms with Crippen molar-refractivity contribution in [1.29, 1.82) is 0 Å². The Morgan fingerprint density at radius 1 is 1.05 bits per heavy atom. The maximum atomic E-state index is 5.91. The highest BCUT2D eigenvalue weighted by molar-refractivity contribution is 4.74. The summed E-state index contributed by atoms with van der Waals surface area (Å²) in [4.78, 5) is 2.38. The van der Waals surface area contributed by atoms with Crippen molar-refractivity contribution in [2.45, 2.75) is 77.3 Å². The van der Waals surface area contributed by atoms with Gasteiger partial charge in [-0.3, -0.25) is 4.90 Å². The van der Waals surface area contributed by atoms with E-state index in [0.29, 0.717) is 12.1 Å². The van der Waals surface area contributed by atoms with Crippen LogP contribution in [0.3, 0.4) is 0 Å². The average Bonchev–Trinajstić information content (AvgIpc) is 2.41. The highest BCUT2D eigenvalue weighted by Crippen LogP contribution is 2.13. The lowest BCUT2D eigenvalue weighted by atomic mass is 10.0. The van der Waals surface area contributed by atoms with Gasteiger partial charge >= 0.3 is 0 Å². The standard InChI is InChI=1S/C16H36N2O/c1-5-6-7-8-9-10-11-12-16(13-17)18(3)15(2)14-19-4/h15-16H,5-14,17H2,1-4H3. The predicted octanol–water partition coefficient (Wildman–Crippen LogP) is 3.42. The van der Waals surface area contributed by atoms with E-state index in [4.69, 9.17) is 10.5 Å². The number of likely N-dealkylation sites (N-methyl/N-ethyl adjacent to an activating group) is 1. The van der Waals surface area contributed by atoms with Crippen molar-refractivity contribution < 1.29 is 4.74 Å². The summed E-state index contributed by atoms with van der Waals surface area (Å²) in [5.41, 5.74) is 5.91. The van der Waals surface area contributed by atoms with Crippen LogP contribution in [0.25, 0.3) is 0 Å². The lowest BCUT2D eigenvalue weighted by Gasteiger charge is -2.32. The smallest absolute Gasteiger partial charge is 0.0615 e. The predicted molar refractivity (Wildman–Crippen MR) is 84.6 cm³/mol. The third-order valence-electron chi connectivity index (χ3n) is 4.09. The number of rotatable bonds is 13. The van der Waals surface area contributed by atoms with Crippen molar-refractivity contribution in [3.05, 3.63) is 0 Å². The fraction of sp³-hybridized carbons (Fsp3) is 1.00. The van der Waals surface area contributed by atoms with Crippen LogP contribution in [0.4, 0.5) is 0 Å². The van der Waals surface area contributed by atoms with Gasteiger partial charge in [-0.05, 0) is 20.4 Å². The maximum Gasteiger partial charge on any atom is 0.0615 e. The molecule has 3 heteroatoms. The topological polar surface area (TPSA) is 38.5 Å². The Labute approximate surface area is 120 Å². The van der Waals surface area contributed by atoms with Crippen LogP contribution in [0.1, 0.15) is 65.2 Å². The number of hydrogen-bond acceptors (Lipinski definition) is 3. The molecular formula is C16H36N2O. The average molecular weight is 272 g/mol. The van der Waals surface area contributed by atoms with Gasteiger partial charge in [-0.25, -0.2) is 0 Å². The van der Waals surface area contributed by atoms with Crippen LogP contribution in [0.2, 0.25) is 0 Å². The van der Waals surface area contributed by atoms with E-state index in [0.717, 1.165) is 13.2 Å². The third-order valence-corrected chi connectivity index (χ3v) is 4.09. The zero-order chi connectivity index (χ0) is 14.5. The fourth-order valence-electron chi connectivity index (χ4n) is 2.54. The second kappa shape index (κ2) is 12.9. The summed E-state index contributed by atoms with van der Waals surface area (Å²) in [6, 6.07) is 0.948. The van der Waals surface area contributed by atoms with E-state index in [1.165, 1.54) is 51.4 Å². The molecule has 0 aromatic carbocycles. The fourth-order valence-corrected chi connectivity index (χ4v) is 2.54. The number of unbranched alkanes of at least 4 members (excludes halogenated alkanes) is 6. The Morgan fingerprint density at radius 3 is 2.16 bits per heavy atom. The van der Waals surface area contributed by atoms with Gasteiger partial charge in [0.15, 0.2) is 0 Å². The summed E-state index contributed by atoms with van der Waals surface area (Å²) in [6.45, 7) is 6.00. The summed E-state index contributed by atoms with van der Waals surface area (Å²) >= 11 is 0. The third kappa shape index (κ3) is 9.42. The molecule has 0 heterocycles. The minimum absolute atomic E-state index is 0.447. The minimum atomic E-state index is 0.447. The van der Waals surface area contributed by atoms with E-state index < -0.39 is 0 Å². The van der Waals surface area contributed by atoms with E-state index in [1.807, 2.05) is 0 Å². The van der Waals surface area contributed by atoms with E-state index >= 15 is 0 Å². The number of nitrogens with two attached hydrogens (primary N) is 1. The van der Waals surface area contributed by atoms with Crippen LogP contribution < -0.4 is 5.73 Å². The molecule has 0 radical (unpaired) electrons. The van der Waals surface area contributed by atoms with Crippen molar-refractivity contribution in [3.63, 3.8) is 0 Å². The second-order valence-corrected chi connectivity index (χ2v) is 5.77. The molecule has 3 nitrogen and oxygen atoms in total. The van der Waals surface area contributed by atoms with Crippen LogP contribution in [-0.2, 0) is 4.74 Å². The quantitative estimate of drug-likeness (QED) is 0.522. The largest absolute Gasteiger partial charge is 0.383 e. The molecule has 0 bridgehead atoms. The zero-order valence-electron chi connectivity index (χ0n) is 13.7. The Kier molecular flexibility index (Phi) is 12.8. The van der Waals surface area contributed by atoms with E-state index in [1.54, 1.807) is 7.11 Å². The molecular weight excluding hydrogens is 236 g/mol. The van der Waals surface area contributed by atoms with Gasteiger partial charge in [-0.2, -0.15) is 0 Å². The zero-order valence-corrected chi connectivity index (χ0v) is 13.7. The highest BCUT2D eigenvalue weighted by Gasteiger charge is 2.17. The van der Waals surface area contributed by atoms with Gasteiger partial charge in [0.25, 0.3) is 0 Å². The number of hydrogen-bond donors (Lipinski definition) is 1. The van der Waals surface area contributed by atoms with Crippen LogP contribution in [0.15, 0.2) is 0 Å².